The van der Waals surface area contributed by atoms with E-state index in [4.69, 9.17) is 0 Å². The maximum atomic E-state index is 11.9. The Balaban J connectivity index is 2.19. The van der Waals surface area contributed by atoms with E-state index in [0.717, 1.165) is 19.3 Å². The average Bonchev–Trinajstić information content (AvgIpc) is 2.86. The van der Waals surface area contributed by atoms with Crippen LogP contribution >= 0.6 is 0 Å². The van der Waals surface area contributed by atoms with Crippen LogP contribution in [0, 0.1) is 5.41 Å². The molecule has 1 N–H and O–H groups in total. The predicted molar refractivity (Wildman–Crippen MR) is 77.4 cm³/mol. The minimum absolute atomic E-state index is 0.100. The van der Waals surface area contributed by atoms with E-state index >= 15 is 0 Å². The van der Waals surface area contributed by atoms with Crippen LogP contribution in [0.5, 0.6) is 0 Å². The van der Waals surface area contributed by atoms with Gasteiger partial charge in [0.05, 0.1) is 0 Å². The maximum absolute atomic E-state index is 11.9. The van der Waals surface area contributed by atoms with Crippen molar-refractivity contribution in [3.8, 4) is 0 Å². The highest BCUT2D eigenvalue weighted by Crippen LogP contribution is 2.52. The van der Waals surface area contributed by atoms with Crippen LogP contribution in [-0.4, -0.2) is 34.0 Å². The van der Waals surface area contributed by atoms with E-state index in [1.165, 1.54) is 32.6 Å². The molecule has 0 saturated heterocycles. The molecule has 0 atom stereocenters. The zero-order chi connectivity index (χ0) is 14.8. The second-order valence-electron chi connectivity index (χ2n) is 6.71. The number of carbonyl (C=O) groups is 2. The summed E-state index contributed by atoms with van der Waals surface area (Å²) in [5, 5.41) is 9.77. The van der Waals surface area contributed by atoms with Crippen molar-refractivity contribution in [2.45, 2.75) is 77.2 Å². The molecular weight excluding hydrogens is 254 g/mol. The summed E-state index contributed by atoms with van der Waals surface area (Å²) in [6, 6.07) is 0. The van der Waals surface area contributed by atoms with E-state index in [2.05, 4.69) is 0 Å². The standard InChI is InChI=1S/C16H27NO3/c1-3-12-17(13(2)18)16(14(19)20)10-8-15(9-11-16)6-4-5-7-15/h3-12H2,1-2H3,(H,19,20). The molecule has 1 amide bonds. The van der Waals surface area contributed by atoms with E-state index in [9.17, 15) is 14.7 Å². The van der Waals surface area contributed by atoms with Gasteiger partial charge in [0.25, 0.3) is 0 Å². The molecule has 2 rings (SSSR count). The molecule has 0 aliphatic heterocycles. The van der Waals surface area contributed by atoms with E-state index in [1.807, 2.05) is 6.92 Å². The number of hydrogen-bond donors (Lipinski definition) is 1. The lowest BCUT2D eigenvalue weighted by Gasteiger charge is -2.48. The lowest BCUT2D eigenvalue weighted by molar-refractivity contribution is -0.163. The van der Waals surface area contributed by atoms with Gasteiger partial charge in [0, 0.05) is 13.5 Å². The van der Waals surface area contributed by atoms with Crippen molar-refractivity contribution in [3.05, 3.63) is 0 Å². The Kier molecular flexibility index (Phi) is 4.40. The first-order valence-electron chi connectivity index (χ1n) is 7.97. The molecule has 2 aliphatic rings. The summed E-state index contributed by atoms with van der Waals surface area (Å²) < 4.78 is 0. The number of aliphatic carboxylic acids is 1. The number of hydrogen-bond acceptors (Lipinski definition) is 2. The fourth-order valence-electron chi connectivity index (χ4n) is 4.31. The second-order valence-corrected chi connectivity index (χ2v) is 6.71. The van der Waals surface area contributed by atoms with Crippen LogP contribution in [-0.2, 0) is 9.59 Å². The molecule has 0 aromatic rings. The molecule has 20 heavy (non-hydrogen) atoms. The molecule has 2 aliphatic carbocycles. The SMILES string of the molecule is CCCN(C(C)=O)C1(C(=O)O)CCC2(CCCC2)CC1. The quantitative estimate of drug-likeness (QED) is 0.861. The molecule has 0 radical (unpaired) electrons. The molecule has 114 valence electrons. The molecule has 2 saturated carbocycles. The largest absolute Gasteiger partial charge is 0.479 e. The number of carboxylic acid groups (broad SMARTS) is 1. The molecule has 0 aromatic carbocycles. The van der Waals surface area contributed by atoms with Crippen LogP contribution in [0.2, 0.25) is 0 Å². The fraction of sp³-hybridized carbons (Fsp3) is 0.875. The van der Waals surface area contributed by atoms with Crippen molar-refractivity contribution in [3.63, 3.8) is 0 Å². The smallest absolute Gasteiger partial charge is 0.329 e. The van der Waals surface area contributed by atoms with E-state index in [1.54, 1.807) is 4.90 Å². The third-order valence-electron chi connectivity index (χ3n) is 5.54. The summed E-state index contributed by atoms with van der Waals surface area (Å²) in [5.74, 6) is -0.911. The highest BCUT2D eigenvalue weighted by atomic mass is 16.4. The molecular formula is C16H27NO3. The number of carboxylic acids is 1. The molecule has 1 spiro atoms. The first-order valence-corrected chi connectivity index (χ1v) is 7.97. The molecule has 0 bridgehead atoms. The number of nitrogens with zero attached hydrogens (tertiary/aromatic N) is 1. The highest BCUT2D eigenvalue weighted by molar-refractivity contribution is 5.86. The summed E-state index contributed by atoms with van der Waals surface area (Å²) >= 11 is 0. The van der Waals surface area contributed by atoms with Crippen molar-refractivity contribution in [2.75, 3.05) is 6.54 Å². The molecule has 4 heteroatoms. The zero-order valence-electron chi connectivity index (χ0n) is 12.8. The van der Waals surface area contributed by atoms with Crippen molar-refractivity contribution in [2.24, 2.45) is 5.41 Å². The number of carbonyl (C=O) groups excluding carboxylic acids is 1. The molecule has 4 nitrogen and oxygen atoms in total. The third kappa shape index (κ3) is 2.57. The van der Waals surface area contributed by atoms with Gasteiger partial charge in [0.15, 0.2) is 0 Å². The van der Waals surface area contributed by atoms with Crippen molar-refractivity contribution in [1.82, 2.24) is 4.90 Å². The minimum Gasteiger partial charge on any atom is -0.479 e. The number of rotatable bonds is 4. The zero-order valence-corrected chi connectivity index (χ0v) is 12.8. The Morgan fingerprint density at radius 2 is 1.60 bits per heavy atom. The predicted octanol–water partition coefficient (Wildman–Crippen LogP) is 3.20. The summed E-state index contributed by atoms with van der Waals surface area (Å²) in [7, 11) is 0. The van der Waals surface area contributed by atoms with Crippen LogP contribution in [0.3, 0.4) is 0 Å². The first-order chi connectivity index (χ1) is 9.46. The van der Waals surface area contributed by atoms with Gasteiger partial charge in [-0.15, -0.1) is 0 Å². The van der Waals surface area contributed by atoms with Gasteiger partial charge >= 0.3 is 5.97 Å². The topological polar surface area (TPSA) is 57.6 Å². The van der Waals surface area contributed by atoms with Crippen LogP contribution in [0.15, 0.2) is 0 Å². The maximum Gasteiger partial charge on any atom is 0.329 e. The Morgan fingerprint density at radius 3 is 2.00 bits per heavy atom. The van der Waals surface area contributed by atoms with Crippen molar-refractivity contribution in [1.29, 1.82) is 0 Å². The Bertz CT molecular complexity index is 375. The molecule has 2 fully saturated rings. The second kappa shape index (κ2) is 5.74. The van der Waals surface area contributed by atoms with Crippen LogP contribution in [0.4, 0.5) is 0 Å². The van der Waals surface area contributed by atoms with Crippen LogP contribution < -0.4 is 0 Å². The highest BCUT2D eigenvalue weighted by Gasteiger charge is 2.51. The summed E-state index contributed by atoms with van der Waals surface area (Å²) in [4.78, 5) is 25.4. The number of amides is 1. The van der Waals surface area contributed by atoms with E-state index in [0.29, 0.717) is 24.8 Å². The van der Waals surface area contributed by atoms with Gasteiger partial charge in [0.1, 0.15) is 5.54 Å². The van der Waals surface area contributed by atoms with Gasteiger partial charge in [-0.1, -0.05) is 19.8 Å². The third-order valence-corrected chi connectivity index (χ3v) is 5.54. The van der Waals surface area contributed by atoms with Crippen molar-refractivity contribution >= 4 is 11.9 Å². The Hall–Kier alpha value is -1.06. The van der Waals surface area contributed by atoms with Crippen LogP contribution in [0.25, 0.3) is 0 Å². The average molecular weight is 281 g/mol. The minimum atomic E-state index is -0.949. The fourth-order valence-corrected chi connectivity index (χ4v) is 4.31. The lowest BCUT2D eigenvalue weighted by Crippen LogP contribution is -2.59. The Labute approximate surface area is 121 Å². The molecule has 0 unspecified atom stereocenters. The normalized spacial score (nSPS) is 23.7. The monoisotopic (exact) mass is 281 g/mol. The van der Waals surface area contributed by atoms with Gasteiger partial charge in [-0.05, 0) is 50.4 Å². The van der Waals surface area contributed by atoms with E-state index < -0.39 is 11.5 Å². The van der Waals surface area contributed by atoms with Gasteiger partial charge in [-0.2, -0.15) is 0 Å². The van der Waals surface area contributed by atoms with Gasteiger partial charge < -0.3 is 10.0 Å². The Morgan fingerprint density at radius 1 is 1.05 bits per heavy atom. The van der Waals surface area contributed by atoms with Gasteiger partial charge in [-0.3, -0.25) is 4.79 Å². The summed E-state index contributed by atoms with van der Waals surface area (Å²) in [6.45, 7) is 4.04. The van der Waals surface area contributed by atoms with E-state index in [-0.39, 0.29) is 5.91 Å². The van der Waals surface area contributed by atoms with Crippen LogP contribution in [0.1, 0.15) is 71.6 Å². The summed E-state index contributed by atoms with van der Waals surface area (Å²) in [6.07, 6.45) is 9.05. The summed E-state index contributed by atoms with van der Waals surface area (Å²) in [5.41, 5.74) is -0.566. The van der Waals surface area contributed by atoms with Gasteiger partial charge in [-0.25, -0.2) is 4.79 Å². The lowest BCUT2D eigenvalue weighted by atomic mass is 9.65. The first kappa shape index (κ1) is 15.3. The molecule has 0 heterocycles. The van der Waals surface area contributed by atoms with Gasteiger partial charge in [0.2, 0.25) is 5.91 Å². The van der Waals surface area contributed by atoms with Crippen molar-refractivity contribution < 1.29 is 14.7 Å². The molecule has 0 aromatic heterocycles.